The Morgan fingerprint density at radius 1 is 1.46 bits per heavy atom. The van der Waals surface area contributed by atoms with Gasteiger partial charge in [0.25, 0.3) is 0 Å². The lowest BCUT2D eigenvalue weighted by molar-refractivity contribution is 0.596. The highest BCUT2D eigenvalue weighted by Crippen LogP contribution is 2.20. The minimum atomic E-state index is -3.58. The Kier molecular flexibility index (Phi) is 3.10. The molecule has 0 aliphatic carbocycles. The van der Waals surface area contributed by atoms with Crippen molar-refractivity contribution in [1.82, 2.24) is 0 Å². The SMILES string of the molecule is CCc1cc(Br)ccc1S(N)(=O)=O. The first-order valence-electron chi connectivity index (χ1n) is 3.76. The number of hydrogen-bond donors (Lipinski definition) is 1. The van der Waals surface area contributed by atoms with E-state index in [2.05, 4.69) is 15.9 Å². The summed E-state index contributed by atoms with van der Waals surface area (Å²) < 4.78 is 23.0. The Balaban J connectivity index is 3.39. The standard InChI is InChI=1S/C8H10BrNO2S/c1-2-6-5-7(9)3-4-8(6)13(10,11)12/h3-5H,2H2,1H3,(H2,10,11,12). The number of nitrogens with two attached hydrogens (primary N) is 1. The fourth-order valence-electron chi connectivity index (χ4n) is 1.10. The molecule has 72 valence electrons. The zero-order chi connectivity index (χ0) is 10.1. The summed E-state index contributed by atoms with van der Waals surface area (Å²) in [5, 5.41) is 5.04. The van der Waals surface area contributed by atoms with Gasteiger partial charge in [-0.25, -0.2) is 13.6 Å². The Morgan fingerprint density at radius 3 is 2.54 bits per heavy atom. The molecule has 1 rings (SSSR count). The average Bonchev–Trinajstić information content (AvgIpc) is 2.01. The number of aryl methyl sites for hydroxylation is 1. The van der Waals surface area contributed by atoms with E-state index < -0.39 is 10.0 Å². The molecule has 0 bridgehead atoms. The van der Waals surface area contributed by atoms with Crippen molar-refractivity contribution < 1.29 is 8.42 Å². The van der Waals surface area contributed by atoms with Crippen LogP contribution in [0, 0.1) is 0 Å². The number of sulfonamides is 1. The van der Waals surface area contributed by atoms with Gasteiger partial charge >= 0.3 is 0 Å². The molecule has 2 N–H and O–H groups in total. The lowest BCUT2D eigenvalue weighted by atomic mass is 10.2. The molecular weight excluding hydrogens is 254 g/mol. The highest BCUT2D eigenvalue weighted by molar-refractivity contribution is 9.10. The molecule has 1 aromatic carbocycles. The van der Waals surface area contributed by atoms with Crippen LogP contribution in [0.5, 0.6) is 0 Å². The zero-order valence-corrected chi connectivity index (χ0v) is 9.52. The van der Waals surface area contributed by atoms with Crippen molar-refractivity contribution in [2.75, 3.05) is 0 Å². The first-order valence-corrected chi connectivity index (χ1v) is 6.10. The van der Waals surface area contributed by atoms with Crippen molar-refractivity contribution in [2.45, 2.75) is 18.2 Å². The number of rotatable bonds is 2. The average molecular weight is 264 g/mol. The summed E-state index contributed by atoms with van der Waals surface area (Å²) in [6, 6.07) is 4.94. The molecule has 0 radical (unpaired) electrons. The van der Waals surface area contributed by atoms with E-state index in [-0.39, 0.29) is 4.90 Å². The maximum atomic E-state index is 11.1. The predicted molar refractivity (Wildman–Crippen MR) is 54.9 cm³/mol. The third-order valence-corrected chi connectivity index (χ3v) is 3.21. The van der Waals surface area contributed by atoms with Crippen LogP contribution < -0.4 is 5.14 Å². The highest BCUT2D eigenvalue weighted by atomic mass is 79.9. The summed E-state index contributed by atoms with van der Waals surface area (Å²) in [7, 11) is -3.58. The van der Waals surface area contributed by atoms with Crippen LogP contribution in [-0.4, -0.2) is 8.42 Å². The molecule has 0 heterocycles. The van der Waals surface area contributed by atoms with Crippen LogP contribution in [0.1, 0.15) is 12.5 Å². The van der Waals surface area contributed by atoms with E-state index in [1.54, 1.807) is 12.1 Å². The predicted octanol–water partition coefficient (Wildman–Crippen LogP) is 1.66. The van der Waals surface area contributed by atoms with Gasteiger partial charge in [0, 0.05) is 4.47 Å². The molecule has 0 saturated carbocycles. The summed E-state index contributed by atoms with van der Waals surface area (Å²) in [4.78, 5) is 0.207. The molecule has 3 nitrogen and oxygen atoms in total. The fourth-order valence-corrected chi connectivity index (χ4v) is 2.34. The lowest BCUT2D eigenvalue weighted by Crippen LogP contribution is -2.14. The van der Waals surface area contributed by atoms with Crippen LogP contribution in [0.25, 0.3) is 0 Å². The van der Waals surface area contributed by atoms with Gasteiger partial charge in [-0.1, -0.05) is 22.9 Å². The second kappa shape index (κ2) is 3.77. The molecule has 0 unspecified atom stereocenters. The van der Waals surface area contributed by atoms with Gasteiger partial charge in [-0.2, -0.15) is 0 Å². The van der Waals surface area contributed by atoms with Crippen molar-refractivity contribution in [3.8, 4) is 0 Å². The molecule has 0 atom stereocenters. The normalized spacial score (nSPS) is 11.6. The maximum absolute atomic E-state index is 11.1. The number of hydrogen-bond acceptors (Lipinski definition) is 2. The van der Waals surface area contributed by atoms with Gasteiger partial charge in [0.15, 0.2) is 0 Å². The summed E-state index contributed by atoms with van der Waals surface area (Å²) in [5.41, 5.74) is 0.733. The van der Waals surface area contributed by atoms with Crippen molar-refractivity contribution in [2.24, 2.45) is 5.14 Å². The van der Waals surface area contributed by atoms with Crippen molar-refractivity contribution in [3.05, 3.63) is 28.2 Å². The Bertz CT molecular complexity index is 414. The number of primary sulfonamides is 1. The van der Waals surface area contributed by atoms with Crippen LogP contribution in [0.4, 0.5) is 0 Å². The highest BCUT2D eigenvalue weighted by Gasteiger charge is 2.12. The molecule has 1 aromatic rings. The van der Waals surface area contributed by atoms with Gasteiger partial charge in [0.2, 0.25) is 10.0 Å². The molecule has 0 saturated heterocycles. The minimum absolute atomic E-state index is 0.207. The van der Waals surface area contributed by atoms with Gasteiger partial charge in [-0.15, -0.1) is 0 Å². The van der Waals surface area contributed by atoms with E-state index >= 15 is 0 Å². The van der Waals surface area contributed by atoms with Crippen LogP contribution in [0.2, 0.25) is 0 Å². The zero-order valence-electron chi connectivity index (χ0n) is 7.12. The number of halogens is 1. The first kappa shape index (κ1) is 10.7. The minimum Gasteiger partial charge on any atom is -0.225 e. The molecule has 5 heteroatoms. The van der Waals surface area contributed by atoms with Crippen LogP contribution in [0.3, 0.4) is 0 Å². The van der Waals surface area contributed by atoms with Gasteiger partial charge in [-0.05, 0) is 30.2 Å². The Hall–Kier alpha value is -0.390. The number of benzene rings is 1. The third kappa shape index (κ3) is 2.52. The van der Waals surface area contributed by atoms with Crippen LogP contribution >= 0.6 is 15.9 Å². The van der Waals surface area contributed by atoms with Crippen LogP contribution in [0.15, 0.2) is 27.6 Å². The van der Waals surface area contributed by atoms with E-state index in [1.165, 1.54) is 6.07 Å². The quantitative estimate of drug-likeness (QED) is 0.883. The molecule has 13 heavy (non-hydrogen) atoms. The molecule has 0 aromatic heterocycles. The smallest absolute Gasteiger partial charge is 0.225 e. The molecular formula is C8H10BrNO2S. The van der Waals surface area contributed by atoms with Crippen molar-refractivity contribution >= 4 is 26.0 Å². The van der Waals surface area contributed by atoms with E-state index in [4.69, 9.17) is 5.14 Å². The van der Waals surface area contributed by atoms with E-state index in [1.807, 2.05) is 6.92 Å². The third-order valence-electron chi connectivity index (χ3n) is 1.71. The monoisotopic (exact) mass is 263 g/mol. The second-order valence-corrected chi connectivity index (χ2v) is 5.10. The molecule has 0 spiro atoms. The topological polar surface area (TPSA) is 60.2 Å². The summed E-state index contributed by atoms with van der Waals surface area (Å²) in [6.07, 6.45) is 0.644. The first-order chi connectivity index (χ1) is 5.95. The van der Waals surface area contributed by atoms with E-state index in [9.17, 15) is 8.42 Å². The molecule has 0 fully saturated rings. The van der Waals surface area contributed by atoms with Gasteiger partial charge in [0.05, 0.1) is 4.90 Å². The lowest BCUT2D eigenvalue weighted by Gasteiger charge is -2.05. The van der Waals surface area contributed by atoms with Gasteiger partial charge in [-0.3, -0.25) is 0 Å². The van der Waals surface area contributed by atoms with E-state index in [0.29, 0.717) is 6.42 Å². The fraction of sp³-hybridized carbons (Fsp3) is 0.250. The van der Waals surface area contributed by atoms with Gasteiger partial charge < -0.3 is 0 Å². The summed E-state index contributed by atoms with van der Waals surface area (Å²) >= 11 is 3.27. The van der Waals surface area contributed by atoms with Crippen LogP contribution in [-0.2, 0) is 16.4 Å². The van der Waals surface area contributed by atoms with Crippen molar-refractivity contribution in [3.63, 3.8) is 0 Å². The molecule has 0 aliphatic heterocycles. The summed E-state index contributed by atoms with van der Waals surface area (Å²) in [5.74, 6) is 0. The Morgan fingerprint density at radius 2 is 2.08 bits per heavy atom. The largest absolute Gasteiger partial charge is 0.238 e. The van der Waals surface area contributed by atoms with Gasteiger partial charge in [0.1, 0.15) is 0 Å². The molecule has 0 amide bonds. The second-order valence-electron chi connectivity index (χ2n) is 2.65. The Labute approximate surface area is 86.1 Å². The maximum Gasteiger partial charge on any atom is 0.238 e. The summed E-state index contributed by atoms with van der Waals surface area (Å²) in [6.45, 7) is 1.89. The van der Waals surface area contributed by atoms with E-state index in [0.717, 1.165) is 10.0 Å². The molecule has 0 aliphatic rings. The van der Waals surface area contributed by atoms with Crippen molar-refractivity contribution in [1.29, 1.82) is 0 Å².